The first-order valence-corrected chi connectivity index (χ1v) is 7.86. The quantitative estimate of drug-likeness (QED) is 0.814. The van der Waals surface area contributed by atoms with Crippen molar-refractivity contribution in [2.45, 2.75) is 32.9 Å². The van der Waals surface area contributed by atoms with Crippen molar-refractivity contribution in [2.24, 2.45) is 0 Å². The molecule has 0 spiro atoms. The molecule has 0 bridgehead atoms. The second-order valence-electron chi connectivity index (χ2n) is 5.86. The number of carbonyl (C=O) groups is 1. The van der Waals surface area contributed by atoms with Gasteiger partial charge in [0, 0.05) is 31.7 Å². The fraction of sp³-hybridized carbons (Fsp3) is 0.588. The van der Waals surface area contributed by atoms with E-state index in [1.165, 1.54) is 0 Å². The molecule has 1 fully saturated rings. The summed E-state index contributed by atoms with van der Waals surface area (Å²) in [5, 5.41) is 3.30. The van der Waals surface area contributed by atoms with Gasteiger partial charge in [0.2, 0.25) is 0 Å². The van der Waals surface area contributed by atoms with Crippen molar-refractivity contribution in [2.75, 3.05) is 33.3 Å². The summed E-state index contributed by atoms with van der Waals surface area (Å²) in [7, 11) is 1.59. The average molecular weight is 306 g/mol. The molecule has 5 heteroatoms. The van der Waals surface area contributed by atoms with E-state index in [2.05, 4.69) is 10.2 Å². The van der Waals surface area contributed by atoms with E-state index in [9.17, 15) is 4.79 Å². The molecule has 0 saturated carbocycles. The van der Waals surface area contributed by atoms with E-state index in [4.69, 9.17) is 9.47 Å². The van der Waals surface area contributed by atoms with E-state index in [1.54, 1.807) is 13.2 Å². The van der Waals surface area contributed by atoms with Gasteiger partial charge in [-0.1, -0.05) is 0 Å². The van der Waals surface area contributed by atoms with Crippen molar-refractivity contribution in [3.8, 4) is 11.5 Å². The van der Waals surface area contributed by atoms with Crippen LogP contribution in [0.15, 0.2) is 18.2 Å². The number of rotatable bonds is 6. The smallest absolute Gasteiger partial charge is 0.179 e. The third-order valence-corrected chi connectivity index (χ3v) is 3.89. The van der Waals surface area contributed by atoms with E-state index in [-0.39, 0.29) is 17.9 Å². The predicted molar refractivity (Wildman–Crippen MR) is 87.0 cm³/mol. The number of methoxy groups -OCH3 is 1. The number of hydrogen-bond donors (Lipinski definition) is 1. The van der Waals surface area contributed by atoms with Crippen molar-refractivity contribution in [3.05, 3.63) is 23.8 Å². The highest BCUT2D eigenvalue weighted by Crippen LogP contribution is 2.29. The number of Topliss-reactive ketones (excluding diaryl/α,β-unsaturated/α-hetero) is 1. The zero-order valence-electron chi connectivity index (χ0n) is 13.9. The maximum Gasteiger partial charge on any atom is 0.179 e. The number of nitrogens with one attached hydrogen (secondary N) is 1. The lowest BCUT2D eigenvalue weighted by Crippen LogP contribution is -2.50. The van der Waals surface area contributed by atoms with E-state index >= 15 is 0 Å². The standard InChI is InChI=1S/C17H26N2O3/c1-12(2)22-15-6-5-14(11-16(15)21-4)17(20)13(3)19-9-7-18-8-10-19/h5-6,11-13,18H,7-10H2,1-4H3. The maximum absolute atomic E-state index is 12.7. The van der Waals surface area contributed by atoms with E-state index in [0.29, 0.717) is 17.1 Å². The summed E-state index contributed by atoms with van der Waals surface area (Å²) in [6.45, 7) is 9.57. The lowest BCUT2D eigenvalue weighted by atomic mass is 10.0. The van der Waals surface area contributed by atoms with Gasteiger partial charge < -0.3 is 14.8 Å². The zero-order chi connectivity index (χ0) is 16.1. The molecule has 1 N–H and O–H groups in total. The van der Waals surface area contributed by atoms with Crippen molar-refractivity contribution >= 4 is 5.78 Å². The van der Waals surface area contributed by atoms with Crippen LogP contribution in [0.3, 0.4) is 0 Å². The maximum atomic E-state index is 12.7. The van der Waals surface area contributed by atoms with Crippen molar-refractivity contribution in [1.29, 1.82) is 0 Å². The third-order valence-electron chi connectivity index (χ3n) is 3.89. The number of hydrogen-bond acceptors (Lipinski definition) is 5. The van der Waals surface area contributed by atoms with Crippen LogP contribution in [0.4, 0.5) is 0 Å². The van der Waals surface area contributed by atoms with Crippen LogP contribution in [0.5, 0.6) is 11.5 Å². The molecule has 1 aliphatic rings. The molecule has 1 aliphatic heterocycles. The van der Waals surface area contributed by atoms with Crippen LogP contribution in [-0.2, 0) is 0 Å². The molecule has 0 aliphatic carbocycles. The summed E-state index contributed by atoms with van der Waals surface area (Å²) in [6, 6.07) is 5.29. The third kappa shape index (κ3) is 3.99. The first kappa shape index (κ1) is 16.8. The Balaban J connectivity index is 2.15. The van der Waals surface area contributed by atoms with Crippen LogP contribution in [-0.4, -0.2) is 56.1 Å². The molecule has 1 unspecified atom stereocenters. The highest BCUT2D eigenvalue weighted by Gasteiger charge is 2.24. The lowest BCUT2D eigenvalue weighted by Gasteiger charge is -2.32. The fourth-order valence-corrected chi connectivity index (χ4v) is 2.65. The van der Waals surface area contributed by atoms with E-state index in [0.717, 1.165) is 26.2 Å². The minimum Gasteiger partial charge on any atom is -0.493 e. The van der Waals surface area contributed by atoms with Gasteiger partial charge in [-0.15, -0.1) is 0 Å². The van der Waals surface area contributed by atoms with E-state index in [1.807, 2.05) is 32.9 Å². The first-order chi connectivity index (χ1) is 10.5. The molecule has 0 aromatic heterocycles. The Morgan fingerprint density at radius 1 is 1.18 bits per heavy atom. The predicted octanol–water partition coefficient (Wildman–Crippen LogP) is 1.96. The topological polar surface area (TPSA) is 50.8 Å². The molecule has 1 heterocycles. The molecular weight excluding hydrogens is 280 g/mol. The van der Waals surface area contributed by atoms with Gasteiger partial charge in [-0.05, 0) is 39.0 Å². The number of benzene rings is 1. The highest BCUT2D eigenvalue weighted by molar-refractivity contribution is 6.00. The van der Waals surface area contributed by atoms with Gasteiger partial charge in [0.05, 0.1) is 19.3 Å². The van der Waals surface area contributed by atoms with Gasteiger partial charge in [-0.25, -0.2) is 0 Å². The number of carbonyl (C=O) groups excluding carboxylic acids is 1. The summed E-state index contributed by atoms with van der Waals surface area (Å²) >= 11 is 0. The average Bonchev–Trinajstić information content (AvgIpc) is 2.54. The molecule has 1 aromatic rings. The normalized spacial score (nSPS) is 17.3. The molecule has 0 radical (unpaired) electrons. The van der Waals surface area contributed by atoms with Gasteiger partial charge in [-0.3, -0.25) is 9.69 Å². The van der Waals surface area contributed by atoms with Crippen molar-refractivity contribution < 1.29 is 14.3 Å². The Bertz CT molecular complexity index is 511. The van der Waals surface area contributed by atoms with Gasteiger partial charge in [0.25, 0.3) is 0 Å². The highest BCUT2D eigenvalue weighted by atomic mass is 16.5. The first-order valence-electron chi connectivity index (χ1n) is 7.86. The van der Waals surface area contributed by atoms with Gasteiger partial charge >= 0.3 is 0 Å². The van der Waals surface area contributed by atoms with Crippen molar-refractivity contribution in [3.63, 3.8) is 0 Å². The van der Waals surface area contributed by atoms with Crippen LogP contribution < -0.4 is 14.8 Å². The van der Waals surface area contributed by atoms with Gasteiger partial charge in [0.15, 0.2) is 17.3 Å². The Labute approximate surface area is 132 Å². The molecule has 1 aromatic carbocycles. The molecule has 122 valence electrons. The Kier molecular flexibility index (Phi) is 5.80. The number of ketones is 1. The zero-order valence-corrected chi connectivity index (χ0v) is 13.9. The molecule has 5 nitrogen and oxygen atoms in total. The SMILES string of the molecule is COc1cc(C(=O)C(C)N2CCNCC2)ccc1OC(C)C. The molecule has 0 amide bonds. The molecule has 2 rings (SSSR count). The summed E-state index contributed by atoms with van der Waals surface area (Å²) in [5.41, 5.74) is 0.666. The number of ether oxygens (including phenoxy) is 2. The number of nitrogens with zero attached hydrogens (tertiary/aromatic N) is 1. The lowest BCUT2D eigenvalue weighted by molar-refractivity contribution is 0.0820. The van der Waals surface area contributed by atoms with Gasteiger partial charge in [0.1, 0.15) is 0 Å². The molecule has 1 saturated heterocycles. The summed E-state index contributed by atoms with van der Waals surface area (Å²) in [4.78, 5) is 14.9. The summed E-state index contributed by atoms with van der Waals surface area (Å²) in [5.74, 6) is 1.40. The molecule has 22 heavy (non-hydrogen) atoms. The Hall–Kier alpha value is -1.59. The van der Waals surface area contributed by atoms with Crippen LogP contribution >= 0.6 is 0 Å². The minimum absolute atomic E-state index is 0.0650. The Morgan fingerprint density at radius 3 is 2.45 bits per heavy atom. The molecule has 1 atom stereocenters. The largest absolute Gasteiger partial charge is 0.493 e. The van der Waals surface area contributed by atoms with E-state index < -0.39 is 0 Å². The van der Waals surface area contributed by atoms with Crippen LogP contribution in [0, 0.1) is 0 Å². The Morgan fingerprint density at radius 2 is 1.86 bits per heavy atom. The minimum atomic E-state index is -0.122. The van der Waals surface area contributed by atoms with Crippen LogP contribution in [0.1, 0.15) is 31.1 Å². The molecular formula is C17H26N2O3. The second kappa shape index (κ2) is 7.61. The summed E-state index contributed by atoms with van der Waals surface area (Å²) in [6.07, 6.45) is 0.0650. The van der Waals surface area contributed by atoms with Crippen LogP contribution in [0.25, 0.3) is 0 Å². The fourth-order valence-electron chi connectivity index (χ4n) is 2.65. The number of piperazine rings is 1. The van der Waals surface area contributed by atoms with Crippen LogP contribution in [0.2, 0.25) is 0 Å². The monoisotopic (exact) mass is 306 g/mol. The van der Waals surface area contributed by atoms with Crippen molar-refractivity contribution in [1.82, 2.24) is 10.2 Å². The second-order valence-corrected chi connectivity index (χ2v) is 5.86. The van der Waals surface area contributed by atoms with Gasteiger partial charge in [-0.2, -0.15) is 0 Å². The summed E-state index contributed by atoms with van der Waals surface area (Å²) < 4.78 is 11.1.